The van der Waals surface area contributed by atoms with Gasteiger partial charge in [0.05, 0.1) is 0 Å². The zero-order valence-corrected chi connectivity index (χ0v) is 11.8. The topological polar surface area (TPSA) is 42.4 Å². The van der Waals surface area contributed by atoms with Gasteiger partial charge in [-0.05, 0) is 22.6 Å². The third kappa shape index (κ3) is 2.66. The Morgan fingerprint density at radius 2 is 1.81 bits per heavy atom. The van der Waals surface area contributed by atoms with E-state index in [1.807, 2.05) is 54.6 Å². The van der Waals surface area contributed by atoms with Crippen LogP contribution in [0, 0.1) is 0 Å². The first-order valence-corrected chi connectivity index (χ1v) is 6.89. The highest BCUT2D eigenvalue weighted by molar-refractivity contribution is 5.85. The molecule has 21 heavy (non-hydrogen) atoms. The van der Waals surface area contributed by atoms with Gasteiger partial charge in [-0.2, -0.15) is 0 Å². The fraction of sp³-hybridized carbons (Fsp3) is 0.167. The van der Waals surface area contributed by atoms with Gasteiger partial charge < -0.3 is 9.84 Å². The molecule has 0 spiro atoms. The minimum absolute atomic E-state index is 0.406. The number of benzene rings is 2. The second-order valence-corrected chi connectivity index (χ2v) is 4.96. The molecule has 0 radical (unpaired) electrons. The molecule has 1 N–H and O–H groups in total. The summed E-state index contributed by atoms with van der Waals surface area (Å²) in [6, 6.07) is 17.6. The summed E-state index contributed by atoms with van der Waals surface area (Å²) in [5.41, 5.74) is 1.78. The van der Waals surface area contributed by atoms with Crippen LogP contribution in [0.5, 0.6) is 0 Å². The lowest BCUT2D eigenvalue weighted by atomic mass is 9.95. The number of rotatable bonds is 4. The molecule has 2 atom stereocenters. The van der Waals surface area contributed by atoms with Gasteiger partial charge in [0.25, 0.3) is 0 Å². The first-order valence-electron chi connectivity index (χ1n) is 6.89. The van der Waals surface area contributed by atoms with E-state index in [9.17, 15) is 5.11 Å². The standard InChI is InChI=1S/C18H17NO2/c1-21-18(14-6-3-2-4-7-14)17(20)15-9-5-8-13-10-11-19-12-16(13)15/h2-12,17-18,20H,1H3. The van der Waals surface area contributed by atoms with E-state index in [0.29, 0.717) is 0 Å². The Kier molecular flexibility index (Phi) is 3.95. The number of nitrogens with zero attached hydrogens (tertiary/aromatic N) is 1. The summed E-state index contributed by atoms with van der Waals surface area (Å²) in [4.78, 5) is 4.16. The molecule has 0 saturated heterocycles. The van der Waals surface area contributed by atoms with E-state index in [2.05, 4.69) is 4.98 Å². The molecule has 2 aromatic carbocycles. The van der Waals surface area contributed by atoms with Crippen LogP contribution in [-0.2, 0) is 4.74 Å². The smallest absolute Gasteiger partial charge is 0.112 e. The highest BCUT2D eigenvalue weighted by Crippen LogP contribution is 2.34. The van der Waals surface area contributed by atoms with E-state index in [0.717, 1.165) is 21.9 Å². The molecule has 0 fully saturated rings. The molecule has 1 aromatic heterocycles. The van der Waals surface area contributed by atoms with Gasteiger partial charge in [-0.15, -0.1) is 0 Å². The molecule has 0 amide bonds. The molecule has 0 saturated carbocycles. The summed E-state index contributed by atoms with van der Waals surface area (Å²) in [5, 5.41) is 12.8. The van der Waals surface area contributed by atoms with Crippen LogP contribution < -0.4 is 0 Å². The normalized spacial score (nSPS) is 14.0. The molecule has 0 aliphatic heterocycles. The molecule has 3 nitrogen and oxygen atoms in total. The number of aromatic nitrogens is 1. The minimum Gasteiger partial charge on any atom is -0.385 e. The molecular weight excluding hydrogens is 262 g/mol. The molecule has 0 bridgehead atoms. The number of aliphatic hydroxyl groups is 1. The van der Waals surface area contributed by atoms with Gasteiger partial charge in [0.2, 0.25) is 0 Å². The lowest BCUT2D eigenvalue weighted by Crippen LogP contribution is -2.13. The van der Waals surface area contributed by atoms with Crippen LogP contribution in [0.4, 0.5) is 0 Å². The van der Waals surface area contributed by atoms with Crippen molar-refractivity contribution >= 4 is 10.8 Å². The van der Waals surface area contributed by atoms with E-state index >= 15 is 0 Å². The van der Waals surface area contributed by atoms with Crippen molar-refractivity contribution in [1.82, 2.24) is 4.98 Å². The maximum Gasteiger partial charge on any atom is 0.112 e. The van der Waals surface area contributed by atoms with Crippen LogP contribution in [0.3, 0.4) is 0 Å². The highest BCUT2D eigenvalue weighted by Gasteiger charge is 2.23. The summed E-state index contributed by atoms with van der Waals surface area (Å²) in [6.45, 7) is 0. The van der Waals surface area contributed by atoms with Crippen molar-refractivity contribution in [2.75, 3.05) is 7.11 Å². The van der Waals surface area contributed by atoms with Gasteiger partial charge >= 0.3 is 0 Å². The zero-order chi connectivity index (χ0) is 14.7. The summed E-state index contributed by atoms with van der Waals surface area (Å²) >= 11 is 0. The van der Waals surface area contributed by atoms with E-state index < -0.39 is 12.2 Å². The van der Waals surface area contributed by atoms with Crippen molar-refractivity contribution in [2.24, 2.45) is 0 Å². The van der Waals surface area contributed by atoms with Crippen molar-refractivity contribution in [1.29, 1.82) is 0 Å². The largest absolute Gasteiger partial charge is 0.385 e. The Morgan fingerprint density at radius 1 is 1.00 bits per heavy atom. The Bertz CT molecular complexity index is 722. The average molecular weight is 279 g/mol. The van der Waals surface area contributed by atoms with E-state index in [1.165, 1.54) is 0 Å². The second kappa shape index (κ2) is 6.04. The first kappa shape index (κ1) is 13.7. The van der Waals surface area contributed by atoms with Crippen LogP contribution in [0.2, 0.25) is 0 Å². The lowest BCUT2D eigenvalue weighted by Gasteiger charge is -2.23. The fourth-order valence-electron chi connectivity index (χ4n) is 2.65. The molecule has 106 valence electrons. The molecular formula is C18H17NO2. The van der Waals surface area contributed by atoms with Crippen LogP contribution in [0.15, 0.2) is 67.0 Å². The van der Waals surface area contributed by atoms with Gasteiger partial charge in [0.1, 0.15) is 12.2 Å². The Balaban J connectivity index is 2.05. The first-order chi connectivity index (χ1) is 10.3. The van der Waals surface area contributed by atoms with Crippen LogP contribution in [0.1, 0.15) is 23.3 Å². The Hall–Kier alpha value is -2.23. The van der Waals surface area contributed by atoms with Gasteiger partial charge in [-0.3, -0.25) is 4.98 Å². The number of fused-ring (bicyclic) bond motifs is 1. The third-order valence-electron chi connectivity index (χ3n) is 3.70. The lowest BCUT2D eigenvalue weighted by molar-refractivity contribution is -0.0142. The zero-order valence-electron chi connectivity index (χ0n) is 11.8. The number of pyridine rings is 1. The predicted octanol–water partition coefficient (Wildman–Crippen LogP) is 3.66. The van der Waals surface area contributed by atoms with E-state index in [1.54, 1.807) is 19.5 Å². The molecule has 2 unspecified atom stereocenters. The van der Waals surface area contributed by atoms with Crippen molar-refractivity contribution in [3.05, 3.63) is 78.1 Å². The maximum atomic E-state index is 10.8. The van der Waals surface area contributed by atoms with Crippen molar-refractivity contribution in [2.45, 2.75) is 12.2 Å². The van der Waals surface area contributed by atoms with Crippen LogP contribution in [-0.4, -0.2) is 17.2 Å². The maximum absolute atomic E-state index is 10.8. The minimum atomic E-state index is -0.745. The SMILES string of the molecule is COC(c1ccccc1)C(O)c1cccc2ccncc12. The summed E-state index contributed by atoms with van der Waals surface area (Å²) < 4.78 is 5.53. The number of aliphatic hydroxyl groups excluding tert-OH is 1. The van der Waals surface area contributed by atoms with E-state index in [-0.39, 0.29) is 0 Å². The summed E-state index contributed by atoms with van der Waals surface area (Å²) in [6.07, 6.45) is 2.39. The van der Waals surface area contributed by atoms with Crippen molar-refractivity contribution < 1.29 is 9.84 Å². The second-order valence-electron chi connectivity index (χ2n) is 4.96. The van der Waals surface area contributed by atoms with Gasteiger partial charge in [0.15, 0.2) is 0 Å². The highest BCUT2D eigenvalue weighted by atomic mass is 16.5. The molecule has 0 aliphatic rings. The Labute approximate surface area is 123 Å². The van der Waals surface area contributed by atoms with E-state index in [4.69, 9.17) is 4.74 Å². The summed E-state index contributed by atoms with van der Waals surface area (Å²) in [5.74, 6) is 0. The van der Waals surface area contributed by atoms with Gasteiger partial charge in [0, 0.05) is 24.9 Å². The average Bonchev–Trinajstić information content (AvgIpc) is 2.56. The predicted molar refractivity (Wildman–Crippen MR) is 82.9 cm³/mol. The molecule has 1 heterocycles. The van der Waals surface area contributed by atoms with Gasteiger partial charge in [-0.25, -0.2) is 0 Å². The number of ether oxygens (including phenoxy) is 1. The van der Waals surface area contributed by atoms with Gasteiger partial charge in [-0.1, -0.05) is 48.5 Å². The molecule has 0 aliphatic carbocycles. The monoisotopic (exact) mass is 279 g/mol. The summed E-state index contributed by atoms with van der Waals surface area (Å²) in [7, 11) is 1.62. The molecule has 3 heteroatoms. The number of methoxy groups -OCH3 is 1. The number of hydrogen-bond acceptors (Lipinski definition) is 3. The van der Waals surface area contributed by atoms with Crippen LogP contribution >= 0.6 is 0 Å². The van der Waals surface area contributed by atoms with Crippen molar-refractivity contribution in [3.63, 3.8) is 0 Å². The van der Waals surface area contributed by atoms with Crippen LogP contribution in [0.25, 0.3) is 10.8 Å². The number of hydrogen-bond donors (Lipinski definition) is 1. The third-order valence-corrected chi connectivity index (χ3v) is 3.70. The van der Waals surface area contributed by atoms with Crippen molar-refractivity contribution in [3.8, 4) is 0 Å². The molecule has 3 aromatic rings. The fourth-order valence-corrected chi connectivity index (χ4v) is 2.65. The quantitative estimate of drug-likeness (QED) is 0.792. The molecule has 3 rings (SSSR count). The Morgan fingerprint density at radius 3 is 2.57 bits per heavy atom.